The molecule has 0 radical (unpaired) electrons. The minimum Gasteiger partial charge on any atom is -0.355 e. The Balaban J connectivity index is 1.55. The maximum atomic E-state index is 12.5. The van der Waals surface area contributed by atoms with Crippen molar-refractivity contribution in [2.45, 2.75) is 44.9 Å². The summed E-state index contributed by atoms with van der Waals surface area (Å²) in [5.74, 6) is 0.324. The molecular formula is C18H26N2O. The van der Waals surface area contributed by atoms with Gasteiger partial charge in [0.2, 0.25) is 5.91 Å². The normalized spacial score (nSPS) is 21.0. The quantitative estimate of drug-likeness (QED) is 0.893. The molecular weight excluding hydrogens is 260 g/mol. The van der Waals surface area contributed by atoms with Gasteiger partial charge < -0.3 is 11.1 Å². The predicted octanol–water partition coefficient (Wildman–Crippen LogP) is 2.43. The molecule has 0 bridgehead atoms. The molecule has 1 fully saturated rings. The molecule has 1 saturated carbocycles. The van der Waals surface area contributed by atoms with Gasteiger partial charge in [0.25, 0.3) is 0 Å². The Bertz CT molecular complexity index is 481. The fourth-order valence-electron chi connectivity index (χ4n) is 3.92. The second kappa shape index (κ2) is 6.18. The molecule has 3 N–H and O–H groups in total. The Kier molecular flexibility index (Phi) is 4.29. The van der Waals surface area contributed by atoms with Crippen molar-refractivity contribution in [3.63, 3.8) is 0 Å². The van der Waals surface area contributed by atoms with Gasteiger partial charge >= 0.3 is 0 Å². The highest BCUT2D eigenvalue weighted by Gasteiger charge is 2.33. The fourth-order valence-corrected chi connectivity index (χ4v) is 3.92. The van der Waals surface area contributed by atoms with Crippen LogP contribution >= 0.6 is 0 Å². The summed E-state index contributed by atoms with van der Waals surface area (Å²) in [6, 6.07) is 8.41. The lowest BCUT2D eigenvalue weighted by Gasteiger charge is -2.36. The molecule has 1 amide bonds. The van der Waals surface area contributed by atoms with E-state index in [2.05, 4.69) is 29.6 Å². The Morgan fingerprint density at radius 3 is 2.33 bits per heavy atom. The number of carbonyl (C=O) groups excluding carboxylic acids is 1. The van der Waals surface area contributed by atoms with Crippen LogP contribution in [0, 0.1) is 11.3 Å². The highest BCUT2D eigenvalue weighted by Crippen LogP contribution is 2.35. The lowest BCUT2D eigenvalue weighted by Crippen LogP contribution is -2.45. The molecule has 2 aliphatic rings. The molecule has 3 nitrogen and oxygen atoms in total. The molecule has 3 rings (SSSR count). The van der Waals surface area contributed by atoms with E-state index in [0.717, 1.165) is 32.2 Å². The first-order chi connectivity index (χ1) is 10.2. The number of fused-ring (bicyclic) bond motifs is 1. The number of hydrogen-bond acceptors (Lipinski definition) is 2. The number of amides is 1. The Morgan fingerprint density at radius 2 is 1.76 bits per heavy atom. The van der Waals surface area contributed by atoms with E-state index >= 15 is 0 Å². The average molecular weight is 286 g/mol. The standard InChI is InChI=1S/C18H26N2O/c19-12-18(8-4-1-5-9-18)13-20-17(21)16-10-14-6-2-3-7-15(14)11-16/h2-3,6-7,16H,1,4-5,8-13,19H2,(H,20,21). The molecule has 0 spiro atoms. The molecule has 1 aromatic rings. The third kappa shape index (κ3) is 3.13. The number of carbonyl (C=O) groups is 1. The molecule has 1 aromatic carbocycles. The van der Waals surface area contributed by atoms with Gasteiger partial charge in [-0.25, -0.2) is 0 Å². The van der Waals surface area contributed by atoms with Crippen LogP contribution in [0.3, 0.4) is 0 Å². The van der Waals surface area contributed by atoms with E-state index in [-0.39, 0.29) is 17.2 Å². The van der Waals surface area contributed by atoms with Crippen LogP contribution in [0.4, 0.5) is 0 Å². The van der Waals surface area contributed by atoms with Crippen molar-refractivity contribution in [3.8, 4) is 0 Å². The smallest absolute Gasteiger partial charge is 0.223 e. The lowest BCUT2D eigenvalue weighted by molar-refractivity contribution is -0.125. The van der Waals surface area contributed by atoms with E-state index in [1.807, 2.05) is 0 Å². The minimum absolute atomic E-state index is 0.112. The van der Waals surface area contributed by atoms with Crippen molar-refractivity contribution in [1.29, 1.82) is 0 Å². The second-order valence-corrected chi connectivity index (χ2v) is 6.86. The zero-order valence-electron chi connectivity index (χ0n) is 12.7. The zero-order chi connectivity index (χ0) is 14.7. The summed E-state index contributed by atoms with van der Waals surface area (Å²) in [6.45, 7) is 1.45. The predicted molar refractivity (Wildman–Crippen MR) is 84.9 cm³/mol. The van der Waals surface area contributed by atoms with Gasteiger partial charge in [0.05, 0.1) is 0 Å². The number of benzene rings is 1. The van der Waals surface area contributed by atoms with E-state index in [4.69, 9.17) is 5.73 Å². The third-order valence-electron chi connectivity index (χ3n) is 5.41. The maximum absolute atomic E-state index is 12.5. The first-order valence-electron chi connectivity index (χ1n) is 8.27. The van der Waals surface area contributed by atoms with Crippen LogP contribution in [0.25, 0.3) is 0 Å². The summed E-state index contributed by atoms with van der Waals surface area (Å²) < 4.78 is 0. The summed E-state index contributed by atoms with van der Waals surface area (Å²) in [5, 5.41) is 3.20. The van der Waals surface area contributed by atoms with Gasteiger partial charge in [-0.3, -0.25) is 4.79 Å². The van der Waals surface area contributed by atoms with Crippen molar-refractivity contribution < 1.29 is 4.79 Å². The van der Waals surface area contributed by atoms with E-state index in [0.29, 0.717) is 6.54 Å². The summed E-state index contributed by atoms with van der Waals surface area (Å²) in [7, 11) is 0. The summed E-state index contributed by atoms with van der Waals surface area (Å²) in [6.07, 6.45) is 7.91. The van der Waals surface area contributed by atoms with Crippen LogP contribution in [0.1, 0.15) is 43.2 Å². The number of rotatable bonds is 4. The monoisotopic (exact) mass is 286 g/mol. The second-order valence-electron chi connectivity index (χ2n) is 6.86. The molecule has 0 atom stereocenters. The SMILES string of the molecule is NCC1(CNC(=O)C2Cc3ccccc3C2)CCCCC1. The van der Waals surface area contributed by atoms with Crippen molar-refractivity contribution in [2.24, 2.45) is 17.1 Å². The summed E-state index contributed by atoms with van der Waals surface area (Å²) >= 11 is 0. The lowest BCUT2D eigenvalue weighted by atomic mass is 9.74. The average Bonchev–Trinajstić information content (AvgIpc) is 2.97. The van der Waals surface area contributed by atoms with Gasteiger partial charge in [0.1, 0.15) is 0 Å². The first-order valence-corrected chi connectivity index (χ1v) is 8.27. The van der Waals surface area contributed by atoms with Crippen LogP contribution in [0.2, 0.25) is 0 Å². The Morgan fingerprint density at radius 1 is 1.14 bits per heavy atom. The van der Waals surface area contributed by atoms with Gasteiger partial charge in [-0.2, -0.15) is 0 Å². The molecule has 0 aliphatic heterocycles. The van der Waals surface area contributed by atoms with E-state index in [1.165, 1.54) is 30.4 Å². The molecule has 0 heterocycles. The molecule has 0 aromatic heterocycles. The van der Waals surface area contributed by atoms with Crippen LogP contribution in [-0.4, -0.2) is 19.0 Å². The zero-order valence-corrected chi connectivity index (χ0v) is 12.7. The molecule has 21 heavy (non-hydrogen) atoms. The van der Waals surface area contributed by atoms with Crippen molar-refractivity contribution in [1.82, 2.24) is 5.32 Å². The van der Waals surface area contributed by atoms with E-state index in [1.54, 1.807) is 0 Å². The topological polar surface area (TPSA) is 55.1 Å². The minimum atomic E-state index is 0.112. The number of nitrogens with one attached hydrogen (secondary N) is 1. The fraction of sp³-hybridized carbons (Fsp3) is 0.611. The van der Waals surface area contributed by atoms with Gasteiger partial charge in [0, 0.05) is 12.5 Å². The number of hydrogen-bond donors (Lipinski definition) is 2. The van der Waals surface area contributed by atoms with Crippen LogP contribution < -0.4 is 11.1 Å². The van der Waals surface area contributed by atoms with Crippen LogP contribution in [-0.2, 0) is 17.6 Å². The van der Waals surface area contributed by atoms with Gasteiger partial charge in [-0.15, -0.1) is 0 Å². The van der Waals surface area contributed by atoms with Crippen molar-refractivity contribution >= 4 is 5.91 Å². The molecule has 114 valence electrons. The molecule has 0 unspecified atom stereocenters. The summed E-state index contributed by atoms with van der Waals surface area (Å²) in [4.78, 5) is 12.5. The van der Waals surface area contributed by atoms with Gasteiger partial charge in [-0.1, -0.05) is 43.5 Å². The molecule has 3 heteroatoms. The third-order valence-corrected chi connectivity index (χ3v) is 5.41. The largest absolute Gasteiger partial charge is 0.355 e. The Labute approximate surface area is 127 Å². The Hall–Kier alpha value is -1.35. The highest BCUT2D eigenvalue weighted by molar-refractivity contribution is 5.80. The number of nitrogens with two attached hydrogens (primary N) is 1. The van der Waals surface area contributed by atoms with Crippen LogP contribution in [0.15, 0.2) is 24.3 Å². The maximum Gasteiger partial charge on any atom is 0.223 e. The van der Waals surface area contributed by atoms with E-state index < -0.39 is 0 Å². The van der Waals surface area contributed by atoms with E-state index in [9.17, 15) is 4.79 Å². The van der Waals surface area contributed by atoms with Gasteiger partial charge in [0.15, 0.2) is 0 Å². The highest BCUT2D eigenvalue weighted by atomic mass is 16.1. The molecule has 0 saturated heterocycles. The molecule has 2 aliphatic carbocycles. The van der Waals surface area contributed by atoms with Crippen LogP contribution in [0.5, 0.6) is 0 Å². The van der Waals surface area contributed by atoms with Crippen molar-refractivity contribution in [2.75, 3.05) is 13.1 Å². The summed E-state index contributed by atoms with van der Waals surface area (Å²) in [5.41, 5.74) is 8.82. The first kappa shape index (κ1) is 14.6. The van der Waals surface area contributed by atoms with Gasteiger partial charge in [-0.05, 0) is 48.8 Å². The van der Waals surface area contributed by atoms with Crippen molar-refractivity contribution in [3.05, 3.63) is 35.4 Å².